The highest BCUT2D eigenvalue weighted by Gasteiger charge is 2.17. The fraction of sp³-hybridized carbons (Fsp3) is 0.458. The molecule has 3 nitrogen and oxygen atoms in total. The molecule has 0 aliphatic carbocycles. The summed E-state index contributed by atoms with van der Waals surface area (Å²) in [5.74, 6) is 0.507. The average molecular weight is 389 g/mol. The van der Waals surface area contributed by atoms with Crippen LogP contribution in [0.2, 0.25) is 0 Å². The Bertz CT molecular complexity index is 755. The Morgan fingerprint density at radius 3 is 2.39 bits per heavy atom. The van der Waals surface area contributed by atoms with Crippen molar-refractivity contribution in [3.8, 4) is 5.75 Å². The van der Waals surface area contributed by atoms with E-state index in [0.29, 0.717) is 24.5 Å². The fourth-order valence-electron chi connectivity index (χ4n) is 2.80. The van der Waals surface area contributed by atoms with Gasteiger partial charge in [-0.1, -0.05) is 52.0 Å². The Morgan fingerprint density at radius 2 is 1.86 bits per heavy atom. The standard InChI is InChI=1S/C24H33FO3/c1-16(2)20-14-21(17(3)4)24(28-12-8-11-25)22(15-20)19(6)10-7-9-18(5)13-23(26)27/h7,9-10,13-17H,8,11-12H2,1-6H3,(H,26,27)/b9-7+,18-13+,19-10-. The lowest BCUT2D eigenvalue weighted by atomic mass is 9.89. The van der Waals surface area contributed by atoms with Gasteiger partial charge >= 0.3 is 5.97 Å². The van der Waals surface area contributed by atoms with Crippen molar-refractivity contribution in [2.45, 2.75) is 59.8 Å². The van der Waals surface area contributed by atoms with Crippen molar-refractivity contribution < 1.29 is 19.0 Å². The number of allylic oxidation sites excluding steroid dienone is 5. The van der Waals surface area contributed by atoms with Crippen molar-refractivity contribution in [2.24, 2.45) is 0 Å². The van der Waals surface area contributed by atoms with Crippen molar-refractivity contribution in [3.05, 3.63) is 58.7 Å². The van der Waals surface area contributed by atoms with Crippen LogP contribution in [-0.2, 0) is 4.79 Å². The number of halogens is 1. The smallest absolute Gasteiger partial charge is 0.328 e. The Morgan fingerprint density at radius 1 is 1.18 bits per heavy atom. The van der Waals surface area contributed by atoms with E-state index in [0.717, 1.165) is 22.4 Å². The van der Waals surface area contributed by atoms with E-state index in [9.17, 15) is 9.18 Å². The van der Waals surface area contributed by atoms with Gasteiger partial charge in [0.1, 0.15) is 5.75 Å². The van der Waals surface area contributed by atoms with E-state index in [1.807, 2.05) is 19.1 Å². The molecule has 1 aromatic rings. The van der Waals surface area contributed by atoms with Crippen LogP contribution in [0.5, 0.6) is 5.75 Å². The molecule has 28 heavy (non-hydrogen) atoms. The molecule has 0 heterocycles. The van der Waals surface area contributed by atoms with Crippen molar-refractivity contribution in [1.82, 2.24) is 0 Å². The normalized spacial score (nSPS) is 13.0. The number of hydrogen-bond acceptors (Lipinski definition) is 2. The highest BCUT2D eigenvalue weighted by molar-refractivity contribution is 5.81. The van der Waals surface area contributed by atoms with Crippen LogP contribution in [0.4, 0.5) is 4.39 Å². The van der Waals surface area contributed by atoms with Gasteiger partial charge in [-0.3, -0.25) is 4.39 Å². The number of carboxylic acid groups (broad SMARTS) is 1. The molecule has 1 N–H and O–H groups in total. The Labute approximate surface area is 168 Å². The summed E-state index contributed by atoms with van der Waals surface area (Å²) in [7, 11) is 0. The highest BCUT2D eigenvalue weighted by atomic mass is 19.1. The molecule has 0 bridgehead atoms. The Balaban J connectivity index is 3.40. The number of hydrogen-bond donors (Lipinski definition) is 1. The topological polar surface area (TPSA) is 46.5 Å². The zero-order valence-corrected chi connectivity index (χ0v) is 17.9. The fourth-order valence-corrected chi connectivity index (χ4v) is 2.80. The van der Waals surface area contributed by atoms with Gasteiger partial charge < -0.3 is 9.84 Å². The maximum absolute atomic E-state index is 12.6. The van der Waals surface area contributed by atoms with Crippen molar-refractivity contribution >= 4 is 11.5 Å². The molecule has 0 spiro atoms. The van der Waals surface area contributed by atoms with Crippen LogP contribution in [0.25, 0.3) is 5.57 Å². The number of alkyl halides is 1. The monoisotopic (exact) mass is 388 g/mol. The third-order valence-electron chi connectivity index (χ3n) is 4.43. The molecular formula is C24H33FO3. The zero-order valence-electron chi connectivity index (χ0n) is 17.9. The summed E-state index contributed by atoms with van der Waals surface area (Å²) >= 11 is 0. The first-order chi connectivity index (χ1) is 13.2. The lowest BCUT2D eigenvalue weighted by Crippen LogP contribution is -2.06. The minimum Gasteiger partial charge on any atom is -0.493 e. The lowest BCUT2D eigenvalue weighted by molar-refractivity contribution is -0.131. The van der Waals surface area contributed by atoms with E-state index in [1.165, 1.54) is 11.6 Å². The van der Waals surface area contributed by atoms with Crippen LogP contribution >= 0.6 is 0 Å². The lowest BCUT2D eigenvalue weighted by Gasteiger charge is -2.21. The largest absolute Gasteiger partial charge is 0.493 e. The third kappa shape index (κ3) is 7.34. The van der Waals surface area contributed by atoms with Crippen LogP contribution in [0.1, 0.15) is 76.5 Å². The SMILES string of the molecule is C/C(=C/C=C/C(C)=C/C(=O)O)c1cc(C(C)C)cc(C(C)C)c1OCCCF. The van der Waals surface area contributed by atoms with Crippen molar-refractivity contribution in [3.63, 3.8) is 0 Å². The Kier molecular flexibility index (Phi) is 9.70. The average Bonchev–Trinajstić information content (AvgIpc) is 2.60. The molecule has 1 rings (SSSR count). The molecule has 0 aromatic heterocycles. The van der Waals surface area contributed by atoms with Crippen molar-refractivity contribution in [1.29, 1.82) is 0 Å². The summed E-state index contributed by atoms with van der Waals surface area (Å²) < 4.78 is 18.6. The van der Waals surface area contributed by atoms with Crippen LogP contribution in [0.15, 0.2) is 42.0 Å². The minimum absolute atomic E-state index is 0.280. The van der Waals surface area contributed by atoms with Crippen LogP contribution in [0.3, 0.4) is 0 Å². The van der Waals surface area contributed by atoms with Gasteiger partial charge in [0.15, 0.2) is 0 Å². The Hall–Kier alpha value is -2.36. The second-order valence-corrected chi connectivity index (χ2v) is 7.62. The van der Waals surface area contributed by atoms with Gasteiger partial charge in [0.25, 0.3) is 0 Å². The molecule has 0 amide bonds. The van der Waals surface area contributed by atoms with Crippen molar-refractivity contribution in [2.75, 3.05) is 13.3 Å². The number of rotatable bonds is 10. The number of carboxylic acids is 1. The summed E-state index contributed by atoms with van der Waals surface area (Å²) in [6.07, 6.45) is 7.08. The maximum Gasteiger partial charge on any atom is 0.328 e. The molecule has 0 radical (unpaired) electrons. The third-order valence-corrected chi connectivity index (χ3v) is 4.43. The van der Waals surface area contributed by atoms with Gasteiger partial charge in [0.2, 0.25) is 0 Å². The maximum atomic E-state index is 12.6. The van der Waals surface area contributed by atoms with Crippen LogP contribution < -0.4 is 4.74 Å². The molecule has 1 aromatic carbocycles. The number of ether oxygens (including phenoxy) is 1. The molecule has 0 unspecified atom stereocenters. The van der Waals surface area contributed by atoms with E-state index in [-0.39, 0.29) is 5.92 Å². The first kappa shape index (κ1) is 23.7. The first-order valence-corrected chi connectivity index (χ1v) is 9.80. The number of carbonyl (C=O) groups is 1. The first-order valence-electron chi connectivity index (χ1n) is 9.80. The highest BCUT2D eigenvalue weighted by Crippen LogP contribution is 2.37. The quantitative estimate of drug-likeness (QED) is 0.277. The molecule has 0 saturated carbocycles. The molecule has 0 aliphatic heterocycles. The van der Waals surface area contributed by atoms with E-state index >= 15 is 0 Å². The molecule has 0 saturated heterocycles. The van der Waals surface area contributed by atoms with E-state index in [4.69, 9.17) is 9.84 Å². The predicted octanol–water partition coefficient (Wildman–Crippen LogP) is 6.66. The second-order valence-electron chi connectivity index (χ2n) is 7.62. The van der Waals surface area contributed by atoms with Gasteiger partial charge in [-0.25, -0.2) is 4.79 Å². The summed E-state index contributed by atoms with van der Waals surface area (Å²) in [5.41, 5.74) is 5.03. The van der Waals surface area contributed by atoms with Crippen LogP contribution in [0, 0.1) is 0 Å². The second kappa shape index (κ2) is 11.5. The minimum atomic E-state index is -0.961. The number of benzene rings is 1. The van der Waals surface area contributed by atoms with E-state index in [2.05, 4.69) is 39.8 Å². The summed E-state index contributed by atoms with van der Waals surface area (Å²) in [4.78, 5) is 10.7. The summed E-state index contributed by atoms with van der Waals surface area (Å²) in [5, 5.41) is 8.81. The zero-order chi connectivity index (χ0) is 21.3. The summed E-state index contributed by atoms with van der Waals surface area (Å²) in [6.45, 7) is 12.3. The number of aliphatic carboxylic acids is 1. The van der Waals surface area contributed by atoms with Crippen LogP contribution in [-0.4, -0.2) is 24.4 Å². The molecule has 0 fully saturated rings. The summed E-state index contributed by atoms with van der Waals surface area (Å²) in [6, 6.07) is 4.33. The molecule has 0 atom stereocenters. The van der Waals surface area contributed by atoms with Gasteiger partial charge in [0, 0.05) is 18.1 Å². The van der Waals surface area contributed by atoms with Gasteiger partial charge in [0.05, 0.1) is 13.3 Å². The van der Waals surface area contributed by atoms with E-state index < -0.39 is 12.6 Å². The molecular weight excluding hydrogens is 355 g/mol. The molecule has 4 heteroatoms. The molecule has 0 aliphatic rings. The molecule has 154 valence electrons. The van der Waals surface area contributed by atoms with Gasteiger partial charge in [-0.05, 0) is 54.0 Å². The van der Waals surface area contributed by atoms with Gasteiger partial charge in [-0.2, -0.15) is 0 Å². The van der Waals surface area contributed by atoms with Gasteiger partial charge in [-0.15, -0.1) is 0 Å². The van der Waals surface area contributed by atoms with E-state index in [1.54, 1.807) is 13.0 Å². The predicted molar refractivity (Wildman–Crippen MR) is 115 cm³/mol.